The summed E-state index contributed by atoms with van der Waals surface area (Å²) in [5.41, 5.74) is -2.62. The van der Waals surface area contributed by atoms with Crippen molar-refractivity contribution in [3.05, 3.63) is 58.6 Å². The smallest absolute Gasteiger partial charge is 0.417 e. The lowest BCUT2D eigenvalue weighted by atomic mass is 9.72. The summed E-state index contributed by atoms with van der Waals surface area (Å²) < 4.78 is 73.0. The predicted molar refractivity (Wildman–Crippen MR) is 167 cm³/mol. The van der Waals surface area contributed by atoms with Crippen LogP contribution in [0.15, 0.2) is 51.8 Å². The van der Waals surface area contributed by atoms with Gasteiger partial charge in [0.25, 0.3) is 0 Å². The van der Waals surface area contributed by atoms with Crippen LogP contribution in [0.5, 0.6) is 5.88 Å². The van der Waals surface area contributed by atoms with Gasteiger partial charge in [-0.3, -0.25) is 4.79 Å². The minimum atomic E-state index is -4.63. The highest BCUT2D eigenvalue weighted by molar-refractivity contribution is 5.82. The molecule has 1 aromatic carbocycles. The number of rotatable bonds is 17. The summed E-state index contributed by atoms with van der Waals surface area (Å²) in [7, 11) is 0. The largest absolute Gasteiger partial charge is 0.475 e. The fourth-order valence-electron chi connectivity index (χ4n) is 4.73. The molecule has 3 aromatic rings. The SMILES string of the molecule is CC(CC(C)(C)C)C(C)(C)C(=O)OCCOCCOCCOCCOc1cc2oc(=O)c(-c3ccccc3C(F)(F)F)cc2cn1. The molecule has 0 N–H and O–H groups in total. The molecule has 0 spiro atoms. The van der Waals surface area contributed by atoms with Crippen molar-refractivity contribution >= 4 is 16.9 Å². The molecule has 2 aromatic heterocycles. The second-order valence-electron chi connectivity index (χ2n) is 12.8. The van der Waals surface area contributed by atoms with Crippen LogP contribution in [0.25, 0.3) is 22.1 Å². The van der Waals surface area contributed by atoms with Crippen LogP contribution in [0, 0.1) is 16.7 Å². The molecule has 0 saturated heterocycles. The molecule has 46 heavy (non-hydrogen) atoms. The Morgan fingerprint density at radius 3 is 2.04 bits per heavy atom. The maximum absolute atomic E-state index is 13.4. The third-order valence-corrected chi connectivity index (χ3v) is 7.47. The highest BCUT2D eigenvalue weighted by Gasteiger charge is 2.37. The third kappa shape index (κ3) is 11.1. The van der Waals surface area contributed by atoms with Crippen LogP contribution in [-0.4, -0.2) is 63.8 Å². The lowest BCUT2D eigenvalue weighted by Gasteiger charge is -2.33. The van der Waals surface area contributed by atoms with Gasteiger partial charge in [0.2, 0.25) is 5.88 Å². The van der Waals surface area contributed by atoms with Gasteiger partial charge in [-0.15, -0.1) is 0 Å². The number of halogens is 3. The summed E-state index contributed by atoms with van der Waals surface area (Å²) in [5, 5.41) is 0.350. The van der Waals surface area contributed by atoms with E-state index in [1.54, 1.807) is 0 Å². The van der Waals surface area contributed by atoms with Crippen molar-refractivity contribution in [3.63, 3.8) is 0 Å². The van der Waals surface area contributed by atoms with Gasteiger partial charge < -0.3 is 28.1 Å². The zero-order chi connectivity index (χ0) is 34.0. The fraction of sp³-hybridized carbons (Fsp3) is 0.559. The predicted octanol–water partition coefficient (Wildman–Crippen LogP) is 6.94. The fourth-order valence-corrected chi connectivity index (χ4v) is 4.73. The number of hydrogen-bond donors (Lipinski definition) is 0. The van der Waals surface area contributed by atoms with Crippen LogP contribution in [0.4, 0.5) is 13.2 Å². The van der Waals surface area contributed by atoms with E-state index in [1.807, 2.05) is 13.8 Å². The number of esters is 1. The summed E-state index contributed by atoms with van der Waals surface area (Å²) >= 11 is 0. The number of nitrogens with zero attached hydrogens (tertiary/aromatic N) is 1. The highest BCUT2D eigenvalue weighted by Crippen LogP contribution is 2.38. The second kappa shape index (κ2) is 16.4. The highest BCUT2D eigenvalue weighted by atomic mass is 19.4. The molecule has 254 valence electrons. The monoisotopic (exact) mass is 651 g/mol. The van der Waals surface area contributed by atoms with Gasteiger partial charge in [-0.2, -0.15) is 13.2 Å². The van der Waals surface area contributed by atoms with Gasteiger partial charge in [0.05, 0.1) is 56.2 Å². The molecule has 0 amide bonds. The van der Waals surface area contributed by atoms with Gasteiger partial charge in [-0.1, -0.05) is 45.9 Å². The summed E-state index contributed by atoms with van der Waals surface area (Å²) in [5.74, 6) is 0.127. The first-order valence-corrected chi connectivity index (χ1v) is 15.2. The van der Waals surface area contributed by atoms with E-state index in [-0.39, 0.29) is 66.3 Å². The van der Waals surface area contributed by atoms with Crippen molar-refractivity contribution in [3.8, 4) is 17.0 Å². The van der Waals surface area contributed by atoms with E-state index in [9.17, 15) is 22.8 Å². The Morgan fingerprint density at radius 2 is 1.43 bits per heavy atom. The van der Waals surface area contributed by atoms with E-state index in [1.165, 1.54) is 36.5 Å². The quantitative estimate of drug-likeness (QED) is 0.113. The summed E-state index contributed by atoms with van der Waals surface area (Å²) in [6, 6.07) is 7.54. The molecule has 2 heterocycles. The van der Waals surface area contributed by atoms with Crippen LogP contribution in [0.1, 0.15) is 53.5 Å². The molecule has 0 bridgehead atoms. The first kappa shape index (κ1) is 37.0. The minimum absolute atomic E-state index is 0.132. The van der Waals surface area contributed by atoms with E-state index >= 15 is 0 Å². The Balaban J connectivity index is 1.29. The molecule has 0 radical (unpaired) electrons. The summed E-state index contributed by atoms with van der Waals surface area (Å²) in [6.07, 6.45) is -2.34. The Bertz CT molecular complexity index is 1480. The number of hydrogen-bond acceptors (Lipinski definition) is 9. The molecule has 0 aliphatic carbocycles. The molecule has 9 nitrogen and oxygen atoms in total. The number of ether oxygens (including phenoxy) is 5. The van der Waals surface area contributed by atoms with Crippen LogP contribution in [-0.2, 0) is 29.9 Å². The molecule has 12 heteroatoms. The molecule has 0 fully saturated rings. The van der Waals surface area contributed by atoms with Crippen molar-refractivity contribution in [2.24, 2.45) is 16.7 Å². The van der Waals surface area contributed by atoms with Crippen molar-refractivity contribution in [2.75, 3.05) is 52.9 Å². The maximum Gasteiger partial charge on any atom is 0.417 e. The Kier molecular flexibility index (Phi) is 13.2. The first-order valence-electron chi connectivity index (χ1n) is 15.2. The minimum Gasteiger partial charge on any atom is -0.475 e. The van der Waals surface area contributed by atoms with Gasteiger partial charge in [0, 0.05) is 23.2 Å². The van der Waals surface area contributed by atoms with E-state index in [0.717, 1.165) is 12.5 Å². The van der Waals surface area contributed by atoms with Gasteiger partial charge in [-0.25, -0.2) is 9.78 Å². The molecular weight excluding hydrogens is 607 g/mol. The van der Waals surface area contributed by atoms with Crippen molar-refractivity contribution in [1.29, 1.82) is 0 Å². The van der Waals surface area contributed by atoms with Gasteiger partial charge in [0.1, 0.15) is 18.8 Å². The number of carbonyl (C=O) groups is 1. The Morgan fingerprint density at radius 1 is 0.848 bits per heavy atom. The van der Waals surface area contributed by atoms with E-state index < -0.39 is 22.8 Å². The topological polar surface area (TPSA) is 106 Å². The molecule has 0 saturated carbocycles. The van der Waals surface area contributed by atoms with Crippen LogP contribution < -0.4 is 10.4 Å². The number of carbonyl (C=O) groups excluding carboxylic acids is 1. The van der Waals surface area contributed by atoms with E-state index in [0.29, 0.717) is 31.8 Å². The van der Waals surface area contributed by atoms with Crippen molar-refractivity contribution in [2.45, 2.75) is 54.1 Å². The van der Waals surface area contributed by atoms with Gasteiger partial charge >= 0.3 is 17.8 Å². The zero-order valence-corrected chi connectivity index (χ0v) is 27.3. The Labute approximate surface area is 267 Å². The lowest BCUT2D eigenvalue weighted by molar-refractivity contribution is -0.159. The zero-order valence-electron chi connectivity index (χ0n) is 27.3. The molecule has 1 atom stereocenters. The average molecular weight is 652 g/mol. The number of fused-ring (bicyclic) bond motifs is 1. The number of pyridine rings is 1. The normalized spacial score (nSPS) is 13.2. The molecule has 1 unspecified atom stereocenters. The van der Waals surface area contributed by atoms with E-state index in [2.05, 4.69) is 32.7 Å². The molecular formula is C34H44F3NO8. The van der Waals surface area contributed by atoms with Crippen molar-refractivity contribution < 1.29 is 46.1 Å². The Hall–Kier alpha value is -3.48. The average Bonchev–Trinajstić information content (AvgIpc) is 2.97. The van der Waals surface area contributed by atoms with Gasteiger partial charge in [-0.05, 0) is 43.7 Å². The first-order chi connectivity index (χ1) is 21.6. The van der Waals surface area contributed by atoms with Crippen molar-refractivity contribution in [1.82, 2.24) is 4.98 Å². The number of aromatic nitrogens is 1. The summed E-state index contributed by atoms with van der Waals surface area (Å²) in [4.78, 5) is 29.2. The number of alkyl halides is 3. The summed E-state index contributed by atoms with van der Waals surface area (Å²) in [6.45, 7) is 14.6. The second-order valence-corrected chi connectivity index (χ2v) is 12.8. The molecule has 3 rings (SSSR count). The molecule has 0 aliphatic rings. The third-order valence-electron chi connectivity index (χ3n) is 7.47. The standard InChI is InChI=1S/C34H44F3NO8/c1-23(21-32(2,3)4)33(5,6)31(40)45-18-16-43-14-12-41-11-13-42-15-17-44-29-20-28-24(22-38-29)19-26(30(39)46-28)25-9-7-8-10-27(25)34(35,36)37/h7-10,19-20,22-23H,11-18,21H2,1-6H3. The van der Waals surface area contributed by atoms with E-state index in [4.69, 9.17) is 28.1 Å². The number of benzene rings is 1. The van der Waals surface area contributed by atoms with Crippen LogP contribution in [0.3, 0.4) is 0 Å². The maximum atomic E-state index is 13.4. The van der Waals surface area contributed by atoms with Crippen LogP contribution >= 0.6 is 0 Å². The van der Waals surface area contributed by atoms with Gasteiger partial charge in [0.15, 0.2) is 0 Å². The lowest BCUT2D eigenvalue weighted by Crippen LogP contribution is -2.35. The van der Waals surface area contributed by atoms with Crippen LogP contribution in [0.2, 0.25) is 0 Å². The molecule has 0 aliphatic heterocycles.